The molecule has 90 valence electrons. The van der Waals surface area contributed by atoms with E-state index in [2.05, 4.69) is 36.2 Å². The quantitative estimate of drug-likeness (QED) is 0.871. The Hall–Kier alpha value is -1.61. The summed E-state index contributed by atoms with van der Waals surface area (Å²) in [5.41, 5.74) is 10.7. The van der Waals surface area contributed by atoms with Crippen LogP contribution in [0.5, 0.6) is 0 Å². The summed E-state index contributed by atoms with van der Waals surface area (Å²) >= 11 is 0. The van der Waals surface area contributed by atoms with Crippen molar-refractivity contribution in [1.29, 1.82) is 0 Å². The number of aryl methyl sites for hydroxylation is 4. The van der Waals surface area contributed by atoms with Gasteiger partial charge >= 0.3 is 0 Å². The molecule has 0 saturated heterocycles. The van der Waals surface area contributed by atoms with E-state index < -0.39 is 0 Å². The molecule has 17 heavy (non-hydrogen) atoms. The van der Waals surface area contributed by atoms with Crippen molar-refractivity contribution < 1.29 is 0 Å². The first-order valence-corrected chi connectivity index (χ1v) is 5.95. The van der Waals surface area contributed by atoms with Crippen LogP contribution in [0.1, 0.15) is 22.5 Å². The normalized spacial score (nSPS) is 10.8. The summed E-state index contributed by atoms with van der Waals surface area (Å²) < 4.78 is 2.01. The van der Waals surface area contributed by atoms with E-state index in [0.29, 0.717) is 6.54 Å². The third-order valence-electron chi connectivity index (χ3n) is 3.07. The molecule has 0 bridgehead atoms. The van der Waals surface area contributed by atoms with Crippen LogP contribution >= 0.6 is 0 Å². The molecule has 1 aromatic heterocycles. The fraction of sp³-hybridized carbons (Fsp3) is 0.357. The fourth-order valence-corrected chi connectivity index (χ4v) is 2.11. The topological polar surface area (TPSA) is 43.8 Å². The first-order valence-electron chi connectivity index (χ1n) is 5.95. The molecule has 3 heteroatoms. The first-order chi connectivity index (χ1) is 8.20. The van der Waals surface area contributed by atoms with Gasteiger partial charge in [0.15, 0.2) is 0 Å². The Morgan fingerprint density at radius 3 is 2.82 bits per heavy atom. The van der Waals surface area contributed by atoms with Crippen LogP contribution in [0.4, 0.5) is 0 Å². The Balaban J connectivity index is 2.07. The standard InChI is InChI=1S/C14H19N3/c1-11-4-3-5-12(8-11)6-7-13-14(9-15)17(2)10-16-13/h3-5,8,10H,6-7,9,15H2,1-2H3. The van der Waals surface area contributed by atoms with E-state index in [1.165, 1.54) is 11.1 Å². The van der Waals surface area contributed by atoms with Crippen molar-refractivity contribution in [3.63, 3.8) is 0 Å². The molecule has 1 heterocycles. The minimum Gasteiger partial charge on any atom is -0.336 e. The Labute approximate surface area is 102 Å². The molecule has 2 aromatic rings. The van der Waals surface area contributed by atoms with Gasteiger partial charge in [-0.3, -0.25) is 0 Å². The third-order valence-corrected chi connectivity index (χ3v) is 3.07. The van der Waals surface area contributed by atoms with Crippen molar-refractivity contribution in [2.24, 2.45) is 12.8 Å². The molecule has 0 aliphatic rings. The molecule has 2 rings (SSSR count). The molecular formula is C14H19N3. The average molecular weight is 229 g/mol. The summed E-state index contributed by atoms with van der Waals surface area (Å²) in [6, 6.07) is 8.62. The highest BCUT2D eigenvalue weighted by Crippen LogP contribution is 2.11. The zero-order valence-electron chi connectivity index (χ0n) is 10.5. The van der Waals surface area contributed by atoms with Gasteiger partial charge in [-0.1, -0.05) is 29.8 Å². The number of nitrogens with zero attached hydrogens (tertiary/aromatic N) is 2. The maximum absolute atomic E-state index is 5.73. The molecule has 0 saturated carbocycles. The van der Waals surface area contributed by atoms with Crippen LogP contribution in [0.15, 0.2) is 30.6 Å². The maximum Gasteiger partial charge on any atom is 0.0949 e. The third kappa shape index (κ3) is 2.74. The van der Waals surface area contributed by atoms with Crippen molar-refractivity contribution in [2.45, 2.75) is 26.3 Å². The van der Waals surface area contributed by atoms with Gasteiger partial charge in [0.1, 0.15) is 0 Å². The van der Waals surface area contributed by atoms with Gasteiger partial charge in [0.2, 0.25) is 0 Å². The SMILES string of the molecule is Cc1cccc(CCc2ncn(C)c2CN)c1. The van der Waals surface area contributed by atoms with E-state index in [9.17, 15) is 0 Å². The lowest BCUT2D eigenvalue weighted by molar-refractivity contribution is 0.801. The summed E-state index contributed by atoms with van der Waals surface area (Å²) in [6.45, 7) is 2.68. The van der Waals surface area contributed by atoms with Crippen LogP contribution in [0, 0.1) is 6.92 Å². The molecule has 0 spiro atoms. The number of benzene rings is 1. The van der Waals surface area contributed by atoms with Crippen molar-refractivity contribution in [3.8, 4) is 0 Å². The molecule has 3 nitrogen and oxygen atoms in total. The Bertz CT molecular complexity index is 500. The maximum atomic E-state index is 5.73. The van der Waals surface area contributed by atoms with Crippen molar-refractivity contribution in [3.05, 3.63) is 53.1 Å². The Morgan fingerprint density at radius 1 is 1.29 bits per heavy atom. The van der Waals surface area contributed by atoms with E-state index in [-0.39, 0.29) is 0 Å². The van der Waals surface area contributed by atoms with Gasteiger partial charge in [0, 0.05) is 13.6 Å². The molecule has 2 N–H and O–H groups in total. The molecular weight excluding hydrogens is 210 g/mol. The van der Waals surface area contributed by atoms with Crippen LogP contribution < -0.4 is 5.73 Å². The fourth-order valence-electron chi connectivity index (χ4n) is 2.11. The summed E-state index contributed by atoms with van der Waals surface area (Å²) in [7, 11) is 1.99. The monoisotopic (exact) mass is 229 g/mol. The van der Waals surface area contributed by atoms with Crippen LogP contribution in [-0.2, 0) is 26.4 Å². The van der Waals surface area contributed by atoms with Crippen LogP contribution in [0.2, 0.25) is 0 Å². The number of hydrogen-bond acceptors (Lipinski definition) is 2. The van der Waals surface area contributed by atoms with E-state index in [1.54, 1.807) is 0 Å². The van der Waals surface area contributed by atoms with Gasteiger partial charge in [-0.05, 0) is 25.3 Å². The predicted octanol–water partition coefficient (Wildman–Crippen LogP) is 1.97. The molecule has 0 aliphatic heterocycles. The number of rotatable bonds is 4. The average Bonchev–Trinajstić information content (AvgIpc) is 2.67. The summed E-state index contributed by atoms with van der Waals surface area (Å²) in [4.78, 5) is 4.41. The molecule has 0 unspecified atom stereocenters. The van der Waals surface area contributed by atoms with Crippen molar-refractivity contribution >= 4 is 0 Å². The van der Waals surface area contributed by atoms with Crippen molar-refractivity contribution in [1.82, 2.24) is 9.55 Å². The van der Waals surface area contributed by atoms with Gasteiger partial charge in [-0.25, -0.2) is 4.98 Å². The summed E-state index contributed by atoms with van der Waals surface area (Å²) in [6.07, 6.45) is 3.82. The van der Waals surface area contributed by atoms with Gasteiger partial charge in [-0.15, -0.1) is 0 Å². The van der Waals surface area contributed by atoms with Crippen LogP contribution in [-0.4, -0.2) is 9.55 Å². The minimum absolute atomic E-state index is 0.555. The van der Waals surface area contributed by atoms with E-state index in [0.717, 1.165) is 24.2 Å². The number of aromatic nitrogens is 2. The highest BCUT2D eigenvalue weighted by molar-refractivity contribution is 5.24. The van der Waals surface area contributed by atoms with E-state index >= 15 is 0 Å². The molecule has 0 atom stereocenters. The largest absolute Gasteiger partial charge is 0.336 e. The van der Waals surface area contributed by atoms with Gasteiger partial charge < -0.3 is 10.3 Å². The van der Waals surface area contributed by atoms with Gasteiger partial charge in [0.25, 0.3) is 0 Å². The highest BCUT2D eigenvalue weighted by atomic mass is 15.0. The van der Waals surface area contributed by atoms with Crippen LogP contribution in [0.3, 0.4) is 0 Å². The van der Waals surface area contributed by atoms with Crippen molar-refractivity contribution in [2.75, 3.05) is 0 Å². The number of nitrogens with two attached hydrogens (primary N) is 1. The molecule has 0 fully saturated rings. The molecule has 1 aromatic carbocycles. The second kappa shape index (κ2) is 5.15. The molecule has 0 aliphatic carbocycles. The minimum atomic E-state index is 0.555. The second-order valence-electron chi connectivity index (χ2n) is 4.44. The lowest BCUT2D eigenvalue weighted by Crippen LogP contribution is -2.06. The van der Waals surface area contributed by atoms with Crippen LogP contribution in [0.25, 0.3) is 0 Å². The molecule has 0 amide bonds. The zero-order valence-corrected chi connectivity index (χ0v) is 10.5. The highest BCUT2D eigenvalue weighted by Gasteiger charge is 2.06. The predicted molar refractivity (Wildman–Crippen MR) is 69.7 cm³/mol. The van der Waals surface area contributed by atoms with Gasteiger partial charge in [0.05, 0.1) is 17.7 Å². The lowest BCUT2D eigenvalue weighted by Gasteiger charge is -2.04. The van der Waals surface area contributed by atoms with E-state index in [1.807, 2.05) is 17.9 Å². The zero-order chi connectivity index (χ0) is 12.3. The smallest absolute Gasteiger partial charge is 0.0949 e. The summed E-state index contributed by atoms with van der Waals surface area (Å²) in [5.74, 6) is 0. The lowest BCUT2D eigenvalue weighted by atomic mass is 10.1. The Morgan fingerprint density at radius 2 is 2.12 bits per heavy atom. The number of imidazole rings is 1. The number of hydrogen-bond donors (Lipinski definition) is 1. The summed E-state index contributed by atoms with van der Waals surface area (Å²) in [5, 5.41) is 0. The Kier molecular flexibility index (Phi) is 3.59. The first kappa shape index (κ1) is 11.9. The molecule has 0 radical (unpaired) electrons. The van der Waals surface area contributed by atoms with Gasteiger partial charge in [-0.2, -0.15) is 0 Å². The van der Waals surface area contributed by atoms with E-state index in [4.69, 9.17) is 5.73 Å². The second-order valence-corrected chi connectivity index (χ2v) is 4.44.